The lowest BCUT2D eigenvalue weighted by atomic mass is 9.98. The van der Waals surface area contributed by atoms with Gasteiger partial charge in [0.15, 0.2) is 6.54 Å². The molecule has 3 rings (SSSR count). The molecule has 152 valence electrons. The highest BCUT2D eigenvalue weighted by Gasteiger charge is 2.23. The second kappa shape index (κ2) is 9.99. The number of benzene rings is 1. The Morgan fingerprint density at radius 3 is 2.54 bits per heavy atom. The predicted molar refractivity (Wildman–Crippen MR) is 115 cm³/mol. The van der Waals surface area contributed by atoms with Crippen molar-refractivity contribution < 1.29 is 14.6 Å². The molecule has 2 aromatic rings. The summed E-state index contributed by atoms with van der Waals surface area (Å²) in [6, 6.07) is 8.22. The fourth-order valence-electron chi connectivity index (χ4n) is 4.13. The van der Waals surface area contributed by atoms with Crippen LogP contribution in [0.3, 0.4) is 0 Å². The van der Waals surface area contributed by atoms with Crippen molar-refractivity contribution in [2.24, 2.45) is 0 Å². The lowest BCUT2D eigenvalue weighted by molar-refractivity contribution is -0.999. The molecule has 5 nitrogen and oxygen atoms in total. The zero-order valence-corrected chi connectivity index (χ0v) is 17.7. The number of hydrogen-bond donors (Lipinski definition) is 3. The first-order valence-corrected chi connectivity index (χ1v) is 11.0. The predicted octanol–water partition coefficient (Wildman–Crippen LogP) is 0.882. The molecule has 5 heteroatoms. The third-order valence-corrected chi connectivity index (χ3v) is 5.83. The minimum absolute atomic E-state index is 0.129. The molecule has 28 heavy (non-hydrogen) atoms. The molecule has 1 aromatic heterocycles. The number of unbranched alkanes of at least 4 members (excludes halogenated alkanes) is 1. The van der Waals surface area contributed by atoms with Crippen molar-refractivity contribution >= 4 is 22.5 Å². The minimum Gasteiger partial charge on any atom is -0.328 e. The van der Waals surface area contributed by atoms with Crippen molar-refractivity contribution in [3.05, 3.63) is 35.5 Å². The van der Waals surface area contributed by atoms with E-state index in [1.165, 1.54) is 10.5 Å². The van der Waals surface area contributed by atoms with Crippen molar-refractivity contribution in [1.29, 1.82) is 0 Å². The van der Waals surface area contributed by atoms with Gasteiger partial charge in [-0.3, -0.25) is 9.78 Å². The smallest absolute Gasteiger partial charge is 0.279 e. The van der Waals surface area contributed by atoms with Crippen molar-refractivity contribution in [2.45, 2.75) is 46.0 Å². The number of pyridine rings is 1. The van der Waals surface area contributed by atoms with Crippen LogP contribution >= 0.6 is 0 Å². The van der Waals surface area contributed by atoms with Gasteiger partial charge in [0, 0.05) is 11.1 Å². The molecule has 0 bridgehead atoms. The summed E-state index contributed by atoms with van der Waals surface area (Å²) in [6.45, 7) is 9.39. The van der Waals surface area contributed by atoms with Gasteiger partial charge in [0.1, 0.15) is 26.2 Å². The van der Waals surface area contributed by atoms with Crippen LogP contribution in [0, 0.1) is 0 Å². The zero-order chi connectivity index (χ0) is 19.9. The summed E-state index contributed by atoms with van der Waals surface area (Å²) in [4.78, 5) is 20.9. The van der Waals surface area contributed by atoms with Crippen LogP contribution in [0.1, 0.15) is 44.4 Å². The van der Waals surface area contributed by atoms with E-state index in [0.29, 0.717) is 6.54 Å². The van der Waals surface area contributed by atoms with Gasteiger partial charge in [0.25, 0.3) is 5.91 Å². The second-order valence-electron chi connectivity index (χ2n) is 8.21. The van der Waals surface area contributed by atoms with Crippen LogP contribution in [-0.2, 0) is 17.6 Å². The van der Waals surface area contributed by atoms with E-state index in [0.717, 1.165) is 80.6 Å². The van der Waals surface area contributed by atoms with Gasteiger partial charge in [0.05, 0.1) is 18.3 Å². The Hall–Kier alpha value is -1.98. The molecule has 3 N–H and O–H groups in total. The van der Waals surface area contributed by atoms with Gasteiger partial charge in [-0.25, -0.2) is 0 Å². The summed E-state index contributed by atoms with van der Waals surface area (Å²) < 4.78 is 0. The van der Waals surface area contributed by atoms with Gasteiger partial charge in [-0.2, -0.15) is 0 Å². The summed E-state index contributed by atoms with van der Waals surface area (Å²) in [5.74, 6) is 0.129. The first-order chi connectivity index (χ1) is 13.6. The van der Waals surface area contributed by atoms with E-state index in [-0.39, 0.29) is 5.91 Å². The number of carbonyl (C=O) groups excluding carboxylic acids is 1. The largest absolute Gasteiger partial charge is 0.328 e. The number of aryl methyl sites for hydroxylation is 1. The fraction of sp³-hybridized carbons (Fsp3) is 0.565. The van der Waals surface area contributed by atoms with Gasteiger partial charge < -0.3 is 15.1 Å². The molecular weight excluding hydrogens is 348 g/mol. The monoisotopic (exact) mass is 384 g/mol. The second-order valence-corrected chi connectivity index (χ2v) is 8.21. The zero-order valence-electron chi connectivity index (χ0n) is 17.7. The van der Waals surface area contributed by atoms with E-state index in [2.05, 4.69) is 38.3 Å². The molecule has 2 heterocycles. The number of hydrogen-bond acceptors (Lipinski definition) is 2. The Morgan fingerprint density at radius 1 is 1.07 bits per heavy atom. The third kappa shape index (κ3) is 5.09. The number of para-hydroxylation sites is 1. The standard InChI is InChI=1S/C23H34N4O/c1-4-6-11-20-18(9-5-2)23(19-10-7-8-12-21(19)24-20)25-22(28)17-27-15-13-26(3)14-16-27/h7-8,10,12H,4-6,9,11,13-17H2,1-3H3,(H,24,25,28)/p+2. The third-order valence-electron chi connectivity index (χ3n) is 5.83. The average molecular weight is 385 g/mol. The summed E-state index contributed by atoms with van der Waals surface area (Å²) in [6.07, 6.45) is 5.26. The Balaban J connectivity index is 1.88. The van der Waals surface area contributed by atoms with Crippen LogP contribution in [-0.4, -0.2) is 50.7 Å². The number of nitrogens with zero attached hydrogens (tertiary/aromatic N) is 1. The number of amides is 1. The Kier molecular flexibility index (Phi) is 7.40. The highest BCUT2D eigenvalue weighted by atomic mass is 16.2. The van der Waals surface area contributed by atoms with E-state index in [1.807, 2.05) is 12.1 Å². The molecule has 1 aliphatic rings. The van der Waals surface area contributed by atoms with Crippen molar-refractivity contribution in [3.8, 4) is 0 Å². The van der Waals surface area contributed by atoms with Crippen molar-refractivity contribution in [1.82, 2.24) is 4.98 Å². The summed E-state index contributed by atoms with van der Waals surface area (Å²) in [5.41, 5.74) is 4.39. The van der Waals surface area contributed by atoms with Crippen LogP contribution in [0.25, 0.3) is 10.9 Å². The van der Waals surface area contributed by atoms with E-state index in [1.54, 1.807) is 4.90 Å². The fourth-order valence-corrected chi connectivity index (χ4v) is 4.13. The molecule has 0 aliphatic carbocycles. The number of likely N-dealkylation sites (N-methyl/N-ethyl adjacent to an activating group) is 1. The SMILES string of the molecule is CCCCc1nc2ccccc2c(NC(=O)C[NH+]2CC[NH+](C)CC2)c1CCC. The molecule has 1 aromatic carbocycles. The topological polar surface area (TPSA) is 50.9 Å². The maximum absolute atomic E-state index is 12.9. The number of nitrogens with one attached hydrogen (secondary N) is 3. The van der Waals surface area contributed by atoms with Gasteiger partial charge in [-0.1, -0.05) is 44.9 Å². The quantitative estimate of drug-likeness (QED) is 0.633. The summed E-state index contributed by atoms with van der Waals surface area (Å²) in [7, 11) is 2.23. The minimum atomic E-state index is 0.129. The Labute approximate surface area is 169 Å². The van der Waals surface area contributed by atoms with Gasteiger partial charge in [0.2, 0.25) is 0 Å². The molecule has 0 atom stereocenters. The number of fused-ring (bicyclic) bond motifs is 1. The molecular formula is C23H36N4O+2. The molecule has 1 amide bonds. The number of rotatable bonds is 8. The van der Waals surface area contributed by atoms with Gasteiger partial charge >= 0.3 is 0 Å². The lowest BCUT2D eigenvalue weighted by Gasteiger charge is -2.27. The van der Waals surface area contributed by atoms with E-state index < -0.39 is 0 Å². The van der Waals surface area contributed by atoms with Gasteiger partial charge in [-0.15, -0.1) is 0 Å². The number of aromatic nitrogens is 1. The highest BCUT2D eigenvalue weighted by Crippen LogP contribution is 2.30. The molecule has 0 saturated carbocycles. The van der Waals surface area contributed by atoms with Crippen LogP contribution in [0.5, 0.6) is 0 Å². The van der Waals surface area contributed by atoms with Crippen LogP contribution in [0.2, 0.25) is 0 Å². The summed E-state index contributed by atoms with van der Waals surface area (Å²) in [5, 5.41) is 4.37. The average Bonchev–Trinajstić information content (AvgIpc) is 2.70. The molecule has 1 fully saturated rings. The van der Waals surface area contributed by atoms with Gasteiger partial charge in [-0.05, 0) is 30.9 Å². The number of carbonyl (C=O) groups is 1. The number of quaternary nitrogens is 2. The lowest BCUT2D eigenvalue weighted by Crippen LogP contribution is -3.27. The van der Waals surface area contributed by atoms with Crippen molar-refractivity contribution in [2.75, 3.05) is 45.1 Å². The Morgan fingerprint density at radius 2 is 1.82 bits per heavy atom. The van der Waals surface area contributed by atoms with Crippen molar-refractivity contribution in [3.63, 3.8) is 0 Å². The number of anilines is 1. The van der Waals surface area contributed by atoms with E-state index in [9.17, 15) is 4.79 Å². The Bertz CT molecular complexity index is 797. The first kappa shape index (κ1) is 20.7. The maximum atomic E-state index is 12.9. The molecule has 1 aliphatic heterocycles. The van der Waals surface area contributed by atoms with E-state index >= 15 is 0 Å². The maximum Gasteiger partial charge on any atom is 0.279 e. The number of piperazine rings is 1. The van der Waals surface area contributed by atoms with Crippen LogP contribution in [0.4, 0.5) is 5.69 Å². The van der Waals surface area contributed by atoms with E-state index in [4.69, 9.17) is 4.98 Å². The van der Waals surface area contributed by atoms with Crippen LogP contribution in [0.15, 0.2) is 24.3 Å². The van der Waals surface area contributed by atoms with Crippen LogP contribution < -0.4 is 15.1 Å². The normalized spacial score (nSPS) is 19.7. The molecule has 1 saturated heterocycles. The summed E-state index contributed by atoms with van der Waals surface area (Å²) >= 11 is 0. The molecule has 0 radical (unpaired) electrons. The highest BCUT2D eigenvalue weighted by molar-refractivity contribution is 6.02. The molecule has 0 unspecified atom stereocenters. The first-order valence-electron chi connectivity index (χ1n) is 11.0. The molecule has 0 spiro atoms.